The summed E-state index contributed by atoms with van der Waals surface area (Å²) in [5.41, 5.74) is 5.46. The van der Waals surface area contributed by atoms with Gasteiger partial charge in [0.1, 0.15) is 5.84 Å². The fourth-order valence-electron chi connectivity index (χ4n) is 2.14. The largest absolute Gasteiger partial charge is 0.409 e. The first kappa shape index (κ1) is 14.8. The number of amides is 1. The molecule has 1 unspecified atom stereocenters. The lowest BCUT2D eigenvalue weighted by molar-refractivity contribution is -0.131. The van der Waals surface area contributed by atoms with Gasteiger partial charge in [-0.05, 0) is 25.7 Å². The van der Waals surface area contributed by atoms with E-state index in [0.29, 0.717) is 13.0 Å². The lowest BCUT2D eigenvalue weighted by atomic mass is 10.1. The zero-order valence-electron chi connectivity index (χ0n) is 11.1. The van der Waals surface area contributed by atoms with Crippen molar-refractivity contribution in [1.82, 2.24) is 10.2 Å². The van der Waals surface area contributed by atoms with Crippen molar-refractivity contribution in [1.29, 1.82) is 0 Å². The molecule has 0 aromatic heterocycles. The molecule has 0 radical (unpaired) electrons. The second-order valence-electron chi connectivity index (χ2n) is 4.72. The summed E-state index contributed by atoms with van der Waals surface area (Å²) in [7, 11) is 0. The van der Waals surface area contributed by atoms with E-state index in [-0.39, 0.29) is 17.8 Å². The summed E-state index contributed by atoms with van der Waals surface area (Å²) in [4.78, 5) is 13.8. The van der Waals surface area contributed by atoms with Crippen LogP contribution in [-0.4, -0.2) is 47.5 Å². The third kappa shape index (κ3) is 4.91. The maximum absolute atomic E-state index is 11.9. The molecule has 1 heterocycles. The van der Waals surface area contributed by atoms with E-state index in [2.05, 4.69) is 10.5 Å². The van der Waals surface area contributed by atoms with Gasteiger partial charge in [0.15, 0.2) is 0 Å². The van der Waals surface area contributed by atoms with E-state index < -0.39 is 0 Å². The molecule has 0 saturated carbocycles. The van der Waals surface area contributed by atoms with Crippen molar-refractivity contribution in [2.75, 3.05) is 19.6 Å². The highest BCUT2D eigenvalue weighted by atomic mass is 16.4. The highest BCUT2D eigenvalue weighted by Gasteiger charge is 2.17. The molecule has 6 heteroatoms. The summed E-state index contributed by atoms with van der Waals surface area (Å²) in [6.45, 7) is 4.08. The number of hydrogen-bond donors (Lipinski definition) is 3. The number of hydrogen-bond acceptors (Lipinski definition) is 4. The number of likely N-dealkylation sites (tertiary alicyclic amines) is 1. The molecule has 4 N–H and O–H groups in total. The van der Waals surface area contributed by atoms with Crippen molar-refractivity contribution in [3.63, 3.8) is 0 Å². The van der Waals surface area contributed by atoms with Gasteiger partial charge < -0.3 is 21.2 Å². The molecule has 1 aliphatic rings. The Morgan fingerprint density at radius 3 is 2.67 bits per heavy atom. The number of amidine groups is 1. The van der Waals surface area contributed by atoms with E-state index in [1.807, 2.05) is 11.8 Å². The molecule has 1 aliphatic heterocycles. The number of carbonyl (C=O) groups is 1. The van der Waals surface area contributed by atoms with E-state index in [1.165, 1.54) is 6.42 Å². The molecule has 1 fully saturated rings. The van der Waals surface area contributed by atoms with E-state index in [1.54, 1.807) is 0 Å². The average Bonchev–Trinajstić information content (AvgIpc) is 2.43. The van der Waals surface area contributed by atoms with Crippen LogP contribution in [0.15, 0.2) is 5.16 Å². The Bertz CT molecular complexity index is 288. The summed E-state index contributed by atoms with van der Waals surface area (Å²) in [5.74, 6) is 0.340. The first-order valence-corrected chi connectivity index (χ1v) is 6.65. The number of nitrogens with zero attached hydrogens (tertiary/aromatic N) is 2. The Labute approximate surface area is 108 Å². The predicted octanol–water partition coefficient (Wildman–Crippen LogP) is 0.504. The molecule has 1 saturated heterocycles. The molecule has 104 valence electrons. The number of carbonyl (C=O) groups excluding carboxylic acids is 1. The SMILES string of the molecule is CCC(CC(N)=NO)NCC(=O)N1CCCCC1. The van der Waals surface area contributed by atoms with Gasteiger partial charge in [-0.1, -0.05) is 12.1 Å². The fraction of sp³-hybridized carbons (Fsp3) is 0.833. The molecule has 18 heavy (non-hydrogen) atoms. The Morgan fingerprint density at radius 1 is 1.44 bits per heavy atom. The van der Waals surface area contributed by atoms with Gasteiger partial charge in [0.2, 0.25) is 5.91 Å². The van der Waals surface area contributed by atoms with Crippen LogP contribution in [0.1, 0.15) is 39.0 Å². The van der Waals surface area contributed by atoms with E-state index in [0.717, 1.165) is 32.4 Å². The Morgan fingerprint density at radius 2 is 2.11 bits per heavy atom. The van der Waals surface area contributed by atoms with Gasteiger partial charge in [-0.25, -0.2) is 0 Å². The van der Waals surface area contributed by atoms with Crippen molar-refractivity contribution in [2.45, 2.75) is 45.1 Å². The van der Waals surface area contributed by atoms with E-state index >= 15 is 0 Å². The summed E-state index contributed by atoms with van der Waals surface area (Å²) >= 11 is 0. The number of oxime groups is 1. The molecule has 0 aromatic rings. The Kier molecular flexibility index (Phi) is 6.49. The predicted molar refractivity (Wildman–Crippen MR) is 70.5 cm³/mol. The molecule has 1 atom stereocenters. The first-order valence-electron chi connectivity index (χ1n) is 6.65. The van der Waals surface area contributed by atoms with Gasteiger partial charge in [-0.2, -0.15) is 0 Å². The van der Waals surface area contributed by atoms with Crippen LogP contribution < -0.4 is 11.1 Å². The smallest absolute Gasteiger partial charge is 0.236 e. The van der Waals surface area contributed by atoms with Crippen LogP contribution in [-0.2, 0) is 4.79 Å². The monoisotopic (exact) mass is 256 g/mol. The van der Waals surface area contributed by atoms with Gasteiger partial charge in [-0.3, -0.25) is 4.79 Å². The van der Waals surface area contributed by atoms with Crippen molar-refractivity contribution in [2.24, 2.45) is 10.9 Å². The fourth-order valence-corrected chi connectivity index (χ4v) is 2.14. The summed E-state index contributed by atoms with van der Waals surface area (Å²) < 4.78 is 0. The van der Waals surface area contributed by atoms with Crippen LogP contribution in [0.2, 0.25) is 0 Å². The number of nitrogens with one attached hydrogen (secondary N) is 1. The molecular weight excluding hydrogens is 232 g/mol. The lowest BCUT2D eigenvalue weighted by Crippen LogP contribution is -2.44. The molecule has 0 bridgehead atoms. The average molecular weight is 256 g/mol. The Balaban J connectivity index is 2.30. The molecular formula is C12H24N4O2. The van der Waals surface area contributed by atoms with Crippen LogP contribution in [0.25, 0.3) is 0 Å². The normalized spacial score (nSPS) is 18.7. The van der Waals surface area contributed by atoms with Gasteiger partial charge in [0.05, 0.1) is 6.54 Å². The van der Waals surface area contributed by atoms with Gasteiger partial charge in [-0.15, -0.1) is 0 Å². The second kappa shape index (κ2) is 7.92. The van der Waals surface area contributed by atoms with E-state index in [4.69, 9.17) is 10.9 Å². The van der Waals surface area contributed by atoms with Crippen molar-refractivity contribution < 1.29 is 10.0 Å². The zero-order valence-corrected chi connectivity index (χ0v) is 11.1. The van der Waals surface area contributed by atoms with Crippen molar-refractivity contribution in [3.05, 3.63) is 0 Å². The molecule has 1 rings (SSSR count). The maximum atomic E-state index is 11.9. The maximum Gasteiger partial charge on any atom is 0.236 e. The molecule has 0 spiro atoms. The van der Waals surface area contributed by atoms with Gasteiger partial charge in [0, 0.05) is 25.6 Å². The molecule has 0 aromatic carbocycles. The number of rotatable bonds is 6. The van der Waals surface area contributed by atoms with Crippen LogP contribution >= 0.6 is 0 Å². The minimum absolute atomic E-state index is 0.0784. The van der Waals surface area contributed by atoms with Crippen LogP contribution in [0.3, 0.4) is 0 Å². The third-order valence-electron chi connectivity index (χ3n) is 3.33. The third-order valence-corrected chi connectivity index (χ3v) is 3.33. The zero-order chi connectivity index (χ0) is 13.4. The lowest BCUT2D eigenvalue weighted by Gasteiger charge is -2.27. The van der Waals surface area contributed by atoms with Crippen LogP contribution in [0, 0.1) is 0 Å². The van der Waals surface area contributed by atoms with Crippen molar-refractivity contribution >= 4 is 11.7 Å². The quantitative estimate of drug-likeness (QED) is 0.279. The molecule has 6 nitrogen and oxygen atoms in total. The van der Waals surface area contributed by atoms with E-state index in [9.17, 15) is 4.79 Å². The summed E-state index contributed by atoms with van der Waals surface area (Å²) in [6, 6.07) is 0.0784. The summed E-state index contributed by atoms with van der Waals surface area (Å²) in [6.07, 6.45) is 4.72. The number of piperidine rings is 1. The van der Waals surface area contributed by atoms with Crippen LogP contribution in [0.4, 0.5) is 0 Å². The standard InChI is InChI=1S/C12H24N4O2/c1-2-10(8-11(13)15-18)14-9-12(17)16-6-4-3-5-7-16/h10,14,18H,2-9H2,1H3,(H2,13,15). The van der Waals surface area contributed by atoms with Crippen LogP contribution in [0.5, 0.6) is 0 Å². The van der Waals surface area contributed by atoms with Gasteiger partial charge >= 0.3 is 0 Å². The minimum atomic E-state index is 0.0784. The topological polar surface area (TPSA) is 91.0 Å². The molecule has 1 amide bonds. The summed E-state index contributed by atoms with van der Waals surface area (Å²) in [5, 5.41) is 14.6. The Hall–Kier alpha value is -1.30. The number of nitrogens with two attached hydrogens (primary N) is 1. The van der Waals surface area contributed by atoms with Crippen molar-refractivity contribution in [3.8, 4) is 0 Å². The molecule has 0 aliphatic carbocycles. The van der Waals surface area contributed by atoms with Gasteiger partial charge in [0.25, 0.3) is 0 Å². The highest BCUT2D eigenvalue weighted by Crippen LogP contribution is 2.08. The highest BCUT2D eigenvalue weighted by molar-refractivity contribution is 5.80. The minimum Gasteiger partial charge on any atom is -0.409 e. The first-order chi connectivity index (χ1) is 8.67. The second-order valence-corrected chi connectivity index (χ2v) is 4.72.